The van der Waals surface area contributed by atoms with E-state index in [4.69, 9.17) is 0 Å². The van der Waals surface area contributed by atoms with E-state index in [-0.39, 0.29) is 28.6 Å². The molecular weight excluding hydrogens is 508 g/mol. The number of amides is 2. The van der Waals surface area contributed by atoms with Crippen LogP contribution in [0.15, 0.2) is 76.8 Å². The first-order chi connectivity index (χ1) is 17.8. The van der Waals surface area contributed by atoms with Crippen molar-refractivity contribution in [2.45, 2.75) is 36.1 Å². The summed E-state index contributed by atoms with van der Waals surface area (Å²) < 4.78 is 29.3. The van der Waals surface area contributed by atoms with Gasteiger partial charge in [-0.25, -0.2) is 8.42 Å². The molecule has 0 unspecified atom stereocenters. The van der Waals surface area contributed by atoms with Crippen molar-refractivity contribution in [3.05, 3.63) is 83.7 Å². The molecule has 0 radical (unpaired) electrons. The smallest absolute Gasteiger partial charge is 0.261 e. The number of carbonyl (C=O) groups excluding carboxylic acids is 2. The number of para-hydroxylation sites is 1. The molecule has 0 atom stereocenters. The van der Waals surface area contributed by atoms with E-state index >= 15 is 0 Å². The molecule has 10 heteroatoms. The van der Waals surface area contributed by atoms with Crippen molar-refractivity contribution in [2.24, 2.45) is 5.92 Å². The average molecular weight is 539 g/mol. The summed E-state index contributed by atoms with van der Waals surface area (Å²) in [5, 5.41) is 2.79. The molecule has 0 aliphatic carbocycles. The number of aromatic nitrogens is 1. The van der Waals surface area contributed by atoms with Crippen molar-refractivity contribution < 1.29 is 18.0 Å². The van der Waals surface area contributed by atoms with Crippen molar-refractivity contribution in [1.82, 2.24) is 15.2 Å². The Morgan fingerprint density at radius 2 is 1.81 bits per heavy atom. The summed E-state index contributed by atoms with van der Waals surface area (Å²) >= 11 is 1.40. The van der Waals surface area contributed by atoms with E-state index in [9.17, 15) is 18.0 Å². The number of pyridine rings is 1. The van der Waals surface area contributed by atoms with Crippen LogP contribution in [-0.2, 0) is 16.6 Å². The van der Waals surface area contributed by atoms with Gasteiger partial charge in [0, 0.05) is 36.9 Å². The number of carbonyl (C=O) groups is 2. The molecule has 1 aliphatic rings. The van der Waals surface area contributed by atoms with Gasteiger partial charge >= 0.3 is 0 Å². The minimum atomic E-state index is -4.08. The molecule has 4 rings (SSSR count). The van der Waals surface area contributed by atoms with E-state index in [1.54, 1.807) is 47.6 Å². The van der Waals surface area contributed by atoms with Crippen LogP contribution in [0, 0.1) is 5.92 Å². The summed E-state index contributed by atoms with van der Waals surface area (Å²) in [6.07, 6.45) is 7.01. The molecule has 1 fully saturated rings. The SMILES string of the molecule is CSc1ccc(S(=O)(=O)Nc2ccccc2C(=O)NCc2cccnc2)cc1C(=O)N1CCC(C)CC1. The Labute approximate surface area is 221 Å². The molecule has 1 aliphatic heterocycles. The normalized spacial score (nSPS) is 14.3. The van der Waals surface area contributed by atoms with E-state index in [0.29, 0.717) is 24.6 Å². The zero-order valence-electron chi connectivity index (χ0n) is 20.8. The Morgan fingerprint density at radius 3 is 2.51 bits per heavy atom. The highest BCUT2D eigenvalue weighted by Gasteiger charge is 2.26. The van der Waals surface area contributed by atoms with Gasteiger partial charge in [-0.05, 0) is 67.0 Å². The van der Waals surface area contributed by atoms with Gasteiger partial charge in [-0.3, -0.25) is 19.3 Å². The fraction of sp³-hybridized carbons (Fsp3) is 0.296. The van der Waals surface area contributed by atoms with Gasteiger partial charge in [-0.15, -0.1) is 11.8 Å². The molecule has 2 amide bonds. The van der Waals surface area contributed by atoms with Gasteiger partial charge in [0.2, 0.25) is 0 Å². The third kappa shape index (κ3) is 6.50. The Balaban J connectivity index is 1.56. The number of thioether (sulfide) groups is 1. The first-order valence-electron chi connectivity index (χ1n) is 12.0. The lowest BCUT2D eigenvalue weighted by Gasteiger charge is -2.30. The van der Waals surface area contributed by atoms with Crippen molar-refractivity contribution in [1.29, 1.82) is 0 Å². The Kier molecular flexibility index (Phi) is 8.50. The van der Waals surface area contributed by atoms with Crippen LogP contribution < -0.4 is 10.0 Å². The van der Waals surface area contributed by atoms with Gasteiger partial charge in [0.1, 0.15) is 0 Å². The topological polar surface area (TPSA) is 108 Å². The summed E-state index contributed by atoms with van der Waals surface area (Å²) in [6, 6.07) is 14.6. The number of nitrogens with zero attached hydrogens (tertiary/aromatic N) is 2. The minimum absolute atomic E-state index is 0.0374. The number of hydrogen-bond acceptors (Lipinski definition) is 6. The summed E-state index contributed by atoms with van der Waals surface area (Å²) in [5.74, 6) is -0.0137. The van der Waals surface area contributed by atoms with Crippen molar-refractivity contribution in [3.8, 4) is 0 Å². The van der Waals surface area contributed by atoms with Crippen molar-refractivity contribution in [3.63, 3.8) is 0 Å². The molecule has 2 aromatic carbocycles. The summed E-state index contributed by atoms with van der Waals surface area (Å²) in [6.45, 7) is 3.74. The van der Waals surface area contributed by atoms with Crippen LogP contribution in [0.25, 0.3) is 0 Å². The highest BCUT2D eigenvalue weighted by Crippen LogP contribution is 2.28. The number of hydrogen-bond donors (Lipinski definition) is 2. The molecular formula is C27H30N4O4S2. The molecule has 1 aromatic heterocycles. The predicted octanol–water partition coefficient (Wildman–Crippen LogP) is 4.41. The average Bonchev–Trinajstić information content (AvgIpc) is 2.92. The fourth-order valence-corrected chi connectivity index (χ4v) is 5.83. The molecule has 3 aromatic rings. The lowest BCUT2D eigenvalue weighted by atomic mass is 9.98. The predicted molar refractivity (Wildman–Crippen MR) is 145 cm³/mol. The monoisotopic (exact) mass is 538 g/mol. The van der Waals surface area contributed by atoms with Crippen LogP contribution in [0.5, 0.6) is 0 Å². The summed E-state index contributed by atoms with van der Waals surface area (Å²) in [5.41, 5.74) is 1.53. The maximum Gasteiger partial charge on any atom is 0.261 e. The van der Waals surface area contributed by atoms with E-state index < -0.39 is 15.9 Å². The van der Waals surface area contributed by atoms with Crippen LogP contribution in [0.4, 0.5) is 5.69 Å². The molecule has 37 heavy (non-hydrogen) atoms. The largest absolute Gasteiger partial charge is 0.348 e. The molecule has 194 valence electrons. The van der Waals surface area contributed by atoms with Crippen LogP contribution in [0.1, 0.15) is 46.0 Å². The van der Waals surface area contributed by atoms with Crippen molar-refractivity contribution in [2.75, 3.05) is 24.1 Å². The molecule has 2 N–H and O–H groups in total. The second-order valence-corrected chi connectivity index (χ2v) is 11.6. The number of benzene rings is 2. The number of nitrogens with one attached hydrogen (secondary N) is 2. The molecule has 0 saturated carbocycles. The molecule has 0 bridgehead atoms. The Bertz CT molecular complexity index is 1370. The summed E-state index contributed by atoms with van der Waals surface area (Å²) in [4.78, 5) is 32.7. The Hall–Kier alpha value is -3.37. The molecule has 2 heterocycles. The highest BCUT2D eigenvalue weighted by atomic mass is 32.2. The van der Waals surface area contributed by atoms with E-state index in [0.717, 1.165) is 23.3 Å². The number of piperidine rings is 1. The van der Waals surface area contributed by atoms with E-state index in [1.165, 1.54) is 30.0 Å². The van der Waals surface area contributed by atoms with Gasteiger partial charge in [-0.2, -0.15) is 0 Å². The van der Waals surface area contributed by atoms with E-state index in [1.807, 2.05) is 12.3 Å². The number of sulfonamides is 1. The van der Waals surface area contributed by atoms with Crippen LogP contribution >= 0.6 is 11.8 Å². The first-order valence-corrected chi connectivity index (χ1v) is 14.8. The van der Waals surface area contributed by atoms with Crippen molar-refractivity contribution >= 4 is 39.3 Å². The van der Waals surface area contributed by atoms with Crippen LogP contribution in [0.3, 0.4) is 0 Å². The van der Waals surface area contributed by atoms with E-state index in [2.05, 4.69) is 21.9 Å². The molecule has 0 spiro atoms. The van der Waals surface area contributed by atoms with Gasteiger partial charge in [0.05, 0.1) is 21.7 Å². The quantitative estimate of drug-likeness (QED) is 0.412. The summed E-state index contributed by atoms with van der Waals surface area (Å²) in [7, 11) is -4.08. The second-order valence-electron chi connectivity index (χ2n) is 9.03. The molecule has 8 nitrogen and oxygen atoms in total. The standard InChI is InChI=1S/C27H30N4O4S2/c1-19-11-14-31(15-12-19)27(33)23-16-21(9-10-25(23)36-2)37(34,35)30-24-8-4-3-7-22(24)26(32)29-18-20-6-5-13-28-17-20/h3-10,13,16-17,19,30H,11-12,14-15,18H2,1-2H3,(H,29,32). The molecule has 1 saturated heterocycles. The van der Waals surface area contributed by atoms with Crippen LogP contribution in [-0.4, -0.2) is 49.5 Å². The van der Waals surface area contributed by atoms with Gasteiger partial charge in [-0.1, -0.05) is 25.1 Å². The zero-order chi connectivity index (χ0) is 26.4. The van der Waals surface area contributed by atoms with Gasteiger partial charge in [0.25, 0.3) is 21.8 Å². The fourth-order valence-electron chi connectivity index (χ4n) is 4.16. The number of anilines is 1. The maximum atomic E-state index is 13.4. The third-order valence-electron chi connectivity index (χ3n) is 6.37. The highest BCUT2D eigenvalue weighted by molar-refractivity contribution is 7.98. The number of likely N-dealkylation sites (tertiary alicyclic amines) is 1. The van der Waals surface area contributed by atoms with Gasteiger partial charge in [0.15, 0.2) is 0 Å². The minimum Gasteiger partial charge on any atom is -0.348 e. The lowest BCUT2D eigenvalue weighted by Crippen LogP contribution is -2.38. The second kappa shape index (κ2) is 11.8. The zero-order valence-corrected chi connectivity index (χ0v) is 22.4. The Morgan fingerprint density at radius 1 is 1.05 bits per heavy atom. The maximum absolute atomic E-state index is 13.4. The number of rotatable bonds is 8. The van der Waals surface area contributed by atoms with Crippen LogP contribution in [0.2, 0.25) is 0 Å². The van der Waals surface area contributed by atoms with Gasteiger partial charge < -0.3 is 10.2 Å². The lowest BCUT2D eigenvalue weighted by molar-refractivity contribution is 0.0693. The first kappa shape index (κ1) is 26.7. The third-order valence-corrected chi connectivity index (χ3v) is 8.53.